The molecule has 0 aliphatic heterocycles. The molecule has 22 nitrogen and oxygen atoms in total. The van der Waals surface area contributed by atoms with Crippen LogP contribution in [0.15, 0.2) is 84.1 Å². The predicted molar refractivity (Wildman–Crippen MR) is 274 cm³/mol. The van der Waals surface area contributed by atoms with E-state index in [4.69, 9.17) is 22.3 Å². The fraction of sp³-hybridized carbons (Fsp3) is 0.490. The minimum atomic E-state index is -1.30. The van der Waals surface area contributed by atoms with Crippen LogP contribution in [0.1, 0.15) is 82.9 Å². The number of guanidine groups is 1. The second-order valence-corrected chi connectivity index (χ2v) is 18.4. The van der Waals surface area contributed by atoms with Gasteiger partial charge in [-0.2, -0.15) is 0 Å². The summed E-state index contributed by atoms with van der Waals surface area (Å²) in [6.07, 6.45) is 4.89. The first kappa shape index (κ1) is 59.7. The Balaban J connectivity index is 1.89. The van der Waals surface area contributed by atoms with Crippen molar-refractivity contribution < 1.29 is 48.6 Å². The lowest BCUT2D eigenvalue weighted by molar-refractivity contribution is -0.144. The number of nitrogens with one attached hydrogen (secondary N) is 5. The Labute approximate surface area is 426 Å². The van der Waals surface area contributed by atoms with Gasteiger partial charge in [-0.3, -0.25) is 48.3 Å². The molecule has 2 aromatic carbocycles. The summed E-state index contributed by atoms with van der Waals surface area (Å²) in [4.78, 5) is 120. The Kier molecular flexibility index (Phi) is 24.8. The maximum absolute atomic E-state index is 14.6. The van der Waals surface area contributed by atoms with Gasteiger partial charge in [0.2, 0.25) is 41.4 Å². The Morgan fingerprint density at radius 1 is 0.644 bits per heavy atom. The quantitative estimate of drug-likeness (QED) is 0.0243. The Morgan fingerprint density at radius 3 is 1.74 bits per heavy atom. The van der Waals surface area contributed by atoms with E-state index in [9.17, 15) is 43.5 Å². The number of aliphatic imine (C=N–C) groups is 1. The molecule has 73 heavy (non-hydrogen) atoms. The highest BCUT2D eigenvalue weighted by Gasteiger charge is 2.37. The number of nitrogens with two attached hydrogens (primary N) is 3. The second kappa shape index (κ2) is 30.3. The number of unbranched alkanes of at least 4 members (excludes halogenated alkanes) is 1. The van der Waals surface area contributed by atoms with E-state index < -0.39 is 96.2 Å². The van der Waals surface area contributed by atoms with Gasteiger partial charge in [0.05, 0.1) is 6.04 Å². The number of carboxylic acid groups (broad SMARTS) is 1. The fourth-order valence-electron chi connectivity index (χ4n) is 7.73. The van der Waals surface area contributed by atoms with Gasteiger partial charge >= 0.3 is 5.97 Å². The molecule has 0 radical (unpaired) electrons. The third-order valence-electron chi connectivity index (χ3n) is 12.0. The number of aromatic hydroxyl groups is 1. The zero-order chi connectivity index (χ0) is 54.2. The van der Waals surface area contributed by atoms with Crippen molar-refractivity contribution in [2.45, 2.75) is 128 Å². The lowest BCUT2D eigenvalue weighted by Crippen LogP contribution is -2.60. The molecule has 0 aliphatic carbocycles. The second-order valence-electron chi connectivity index (χ2n) is 18.4. The van der Waals surface area contributed by atoms with Gasteiger partial charge in [0.15, 0.2) is 5.96 Å². The van der Waals surface area contributed by atoms with E-state index in [1.54, 1.807) is 48.5 Å². The number of hydrogen-bond acceptors (Lipinski definition) is 12. The molecule has 3 aromatic rings. The number of likely N-dealkylation sites (N-methyl/N-ethyl adjacent to an activating group) is 2. The average molecular weight is 1020 g/mol. The topological polar surface area (TPSA) is 347 Å². The van der Waals surface area contributed by atoms with E-state index in [0.717, 1.165) is 10.5 Å². The molecule has 0 saturated heterocycles. The van der Waals surface area contributed by atoms with Gasteiger partial charge in [0.25, 0.3) is 0 Å². The monoisotopic (exact) mass is 1010 g/mol. The molecule has 1 aromatic heterocycles. The highest BCUT2D eigenvalue weighted by Crippen LogP contribution is 2.17. The summed E-state index contributed by atoms with van der Waals surface area (Å²) >= 11 is 0. The lowest BCUT2D eigenvalue weighted by Gasteiger charge is -2.34. The Morgan fingerprint density at radius 2 is 1.16 bits per heavy atom. The van der Waals surface area contributed by atoms with Crippen LogP contribution in [0.5, 0.6) is 5.75 Å². The first-order valence-corrected chi connectivity index (χ1v) is 24.4. The van der Waals surface area contributed by atoms with Gasteiger partial charge in [-0.05, 0) is 85.9 Å². The van der Waals surface area contributed by atoms with Crippen molar-refractivity contribution in [1.29, 1.82) is 0 Å². The van der Waals surface area contributed by atoms with Crippen LogP contribution in [0.25, 0.3) is 0 Å². The van der Waals surface area contributed by atoms with Crippen LogP contribution in [0.4, 0.5) is 0 Å². The van der Waals surface area contributed by atoms with E-state index >= 15 is 0 Å². The summed E-state index contributed by atoms with van der Waals surface area (Å²) in [5.74, 6) is -6.29. The third kappa shape index (κ3) is 20.6. The SMILES string of the molecule is CCCC[C@H](NC(=O)[C@H](CC(C)C)N(C)C(=O)[C@H](Cc1ccccc1)NC(=O)[C@@H](N)Cc1ccc(O)cc1)C(=O)N[C@@H](Cc1ccncc1)C(=O)N(C)[C@@H](C)C(=O)N[C@@H](CCCN=C(N)N)C(=O)NCC(=O)O. The van der Waals surface area contributed by atoms with Crippen molar-refractivity contribution in [1.82, 2.24) is 41.4 Å². The largest absolute Gasteiger partial charge is 0.508 e. The molecule has 3 rings (SSSR count). The summed E-state index contributed by atoms with van der Waals surface area (Å²) in [5.41, 5.74) is 19.2. The van der Waals surface area contributed by atoms with Gasteiger partial charge in [0, 0.05) is 45.9 Å². The van der Waals surface area contributed by atoms with Crippen LogP contribution in [-0.4, -0.2) is 148 Å². The first-order chi connectivity index (χ1) is 34.6. The normalized spacial score (nSPS) is 13.9. The molecule has 22 heteroatoms. The van der Waals surface area contributed by atoms with Crippen LogP contribution < -0.4 is 43.8 Å². The smallest absolute Gasteiger partial charge is 0.322 e. The van der Waals surface area contributed by atoms with E-state index in [1.807, 2.05) is 26.8 Å². The maximum atomic E-state index is 14.6. The van der Waals surface area contributed by atoms with Crippen molar-refractivity contribution in [3.8, 4) is 5.75 Å². The first-order valence-electron chi connectivity index (χ1n) is 24.4. The van der Waals surface area contributed by atoms with Crippen LogP contribution in [0.3, 0.4) is 0 Å². The van der Waals surface area contributed by atoms with Crippen LogP contribution >= 0.6 is 0 Å². The van der Waals surface area contributed by atoms with Crippen molar-refractivity contribution in [2.75, 3.05) is 27.2 Å². The van der Waals surface area contributed by atoms with Gasteiger partial charge in [-0.25, -0.2) is 0 Å². The number of phenols is 1. The Bertz CT molecular complexity index is 2320. The molecule has 0 bridgehead atoms. The summed E-state index contributed by atoms with van der Waals surface area (Å²) in [7, 11) is 2.82. The molecule has 398 valence electrons. The highest BCUT2D eigenvalue weighted by molar-refractivity contribution is 5.97. The molecule has 0 aliphatic rings. The molecular weight excluding hydrogens is 941 g/mol. The standard InChI is InChI=1S/C51H74N12O10/c1-7-8-15-39(59-48(71)42(26-31(2)3)63(6)50(73)41(28-33-13-10-9-11-14-33)60-45(68)37(52)27-34-17-19-36(64)20-18-34)47(70)61-40(29-35-21-24-55-25-22-35)49(72)62(5)32(4)44(67)58-38(16-12-23-56-51(53)54)46(69)57-30-43(65)66/h9-11,13-14,17-22,24-25,31-32,37-42,64H,7-8,12,15-16,23,26-30,52H2,1-6H3,(H,57,69)(H,58,67)(H,59,71)(H,60,68)(H,61,70)(H,65,66)(H4,53,54,56)/t32-,37-,38-,39-,40-,41-,42-/m0/s1. The van der Waals surface area contributed by atoms with Gasteiger partial charge in [0.1, 0.15) is 48.5 Å². The highest BCUT2D eigenvalue weighted by atomic mass is 16.4. The Hall–Kier alpha value is -7.62. The lowest BCUT2D eigenvalue weighted by atomic mass is 9.98. The number of phenolic OH excluding ortho intramolecular Hbond substituents is 1. The van der Waals surface area contributed by atoms with E-state index in [0.29, 0.717) is 24.0 Å². The molecular formula is C51H74N12O10. The van der Waals surface area contributed by atoms with Crippen LogP contribution in [0.2, 0.25) is 0 Å². The zero-order valence-corrected chi connectivity index (χ0v) is 42.6. The summed E-state index contributed by atoms with van der Waals surface area (Å²) in [5, 5.41) is 32.1. The van der Waals surface area contributed by atoms with Gasteiger partial charge < -0.3 is 63.8 Å². The van der Waals surface area contributed by atoms with Gasteiger partial charge in [-0.1, -0.05) is 76.1 Å². The third-order valence-corrected chi connectivity index (χ3v) is 12.0. The molecule has 1 heterocycles. The van der Waals surface area contributed by atoms with Crippen LogP contribution in [0, 0.1) is 5.92 Å². The summed E-state index contributed by atoms with van der Waals surface area (Å²) in [6, 6.07) is 10.3. The summed E-state index contributed by atoms with van der Waals surface area (Å²) in [6.45, 7) is 6.50. The number of carboxylic acids is 1. The molecule has 7 amide bonds. The number of amides is 7. The number of aliphatic carboxylic acids is 1. The van der Waals surface area contributed by atoms with Gasteiger partial charge in [-0.15, -0.1) is 0 Å². The van der Waals surface area contributed by atoms with Crippen molar-refractivity contribution in [2.24, 2.45) is 28.1 Å². The maximum Gasteiger partial charge on any atom is 0.322 e. The van der Waals surface area contributed by atoms with Crippen LogP contribution in [-0.2, 0) is 57.6 Å². The number of carbonyl (C=O) groups excluding carboxylic acids is 7. The molecule has 0 fully saturated rings. The number of benzene rings is 2. The van der Waals surface area contributed by atoms with Crippen molar-refractivity contribution in [3.63, 3.8) is 0 Å². The molecule has 0 spiro atoms. The number of hydrogen-bond donors (Lipinski definition) is 10. The average Bonchev–Trinajstić information content (AvgIpc) is 3.36. The summed E-state index contributed by atoms with van der Waals surface area (Å²) < 4.78 is 0. The zero-order valence-electron chi connectivity index (χ0n) is 42.6. The minimum Gasteiger partial charge on any atom is -0.508 e. The van der Waals surface area contributed by atoms with Crippen molar-refractivity contribution >= 4 is 53.3 Å². The van der Waals surface area contributed by atoms with Crippen molar-refractivity contribution in [3.05, 3.63) is 95.8 Å². The molecule has 7 atom stereocenters. The predicted octanol–water partition coefficient (Wildman–Crippen LogP) is 0.246. The number of nitrogens with zero attached hydrogens (tertiary/aromatic N) is 4. The number of rotatable bonds is 30. The minimum absolute atomic E-state index is 0.0223. The molecule has 13 N–H and O–H groups in total. The van der Waals surface area contributed by atoms with E-state index in [1.165, 1.54) is 50.4 Å². The fourth-order valence-corrected chi connectivity index (χ4v) is 7.73. The van der Waals surface area contributed by atoms with E-state index in [-0.39, 0.29) is 69.1 Å². The number of carbonyl (C=O) groups is 8. The van der Waals surface area contributed by atoms with E-state index in [2.05, 4.69) is 36.6 Å². The number of pyridine rings is 1. The molecule has 0 unspecified atom stereocenters. The molecule has 0 saturated carbocycles. The number of aromatic nitrogens is 1.